The Hall–Kier alpha value is -3.02. The van der Waals surface area contributed by atoms with Crippen LogP contribution in [0.15, 0.2) is 79.1 Å². The Labute approximate surface area is 177 Å². The zero-order chi connectivity index (χ0) is 20.2. The van der Waals surface area contributed by atoms with Crippen LogP contribution in [-0.4, -0.2) is 55.4 Å². The van der Waals surface area contributed by atoms with Crippen LogP contribution in [0.25, 0.3) is 11.3 Å². The van der Waals surface area contributed by atoms with E-state index in [4.69, 9.17) is 9.47 Å². The predicted molar refractivity (Wildman–Crippen MR) is 119 cm³/mol. The van der Waals surface area contributed by atoms with Gasteiger partial charge in [-0.15, -0.1) is 0 Å². The van der Waals surface area contributed by atoms with Crippen molar-refractivity contribution in [2.24, 2.45) is 0 Å². The SMILES string of the molecule is C1=CN2C(c3ccccc3)=CNC2C=C1c1ccc(OCCN2CCOCC2)cc1. The molecule has 0 spiro atoms. The van der Waals surface area contributed by atoms with Crippen LogP contribution in [0, 0.1) is 0 Å². The molecule has 0 aliphatic carbocycles. The molecule has 0 aromatic heterocycles. The number of ether oxygens (including phenoxy) is 2. The average Bonchev–Trinajstić information content (AvgIpc) is 3.24. The zero-order valence-corrected chi connectivity index (χ0v) is 17.0. The Morgan fingerprint density at radius 3 is 2.57 bits per heavy atom. The van der Waals surface area contributed by atoms with Gasteiger partial charge < -0.3 is 19.7 Å². The van der Waals surface area contributed by atoms with E-state index in [9.17, 15) is 0 Å². The molecule has 0 bridgehead atoms. The van der Waals surface area contributed by atoms with Crippen molar-refractivity contribution in [1.29, 1.82) is 0 Å². The zero-order valence-electron chi connectivity index (χ0n) is 17.0. The molecule has 154 valence electrons. The summed E-state index contributed by atoms with van der Waals surface area (Å²) in [5.41, 5.74) is 4.82. The molecule has 0 saturated carbocycles. The van der Waals surface area contributed by atoms with Crippen LogP contribution in [-0.2, 0) is 4.74 Å². The van der Waals surface area contributed by atoms with Gasteiger partial charge in [0.05, 0.1) is 18.9 Å². The van der Waals surface area contributed by atoms with Crippen molar-refractivity contribution in [2.75, 3.05) is 39.5 Å². The molecular weight excluding hydrogens is 374 g/mol. The van der Waals surface area contributed by atoms with Crippen molar-refractivity contribution in [3.63, 3.8) is 0 Å². The monoisotopic (exact) mass is 401 g/mol. The van der Waals surface area contributed by atoms with Gasteiger partial charge in [-0.25, -0.2) is 0 Å². The maximum atomic E-state index is 5.93. The van der Waals surface area contributed by atoms with Gasteiger partial charge >= 0.3 is 0 Å². The van der Waals surface area contributed by atoms with E-state index >= 15 is 0 Å². The first kappa shape index (κ1) is 19.0. The van der Waals surface area contributed by atoms with Gasteiger partial charge in [0, 0.05) is 32.0 Å². The van der Waals surface area contributed by atoms with Gasteiger partial charge in [-0.05, 0) is 41.0 Å². The Morgan fingerprint density at radius 1 is 0.967 bits per heavy atom. The lowest BCUT2D eigenvalue weighted by molar-refractivity contribution is 0.0322. The highest BCUT2D eigenvalue weighted by atomic mass is 16.5. The van der Waals surface area contributed by atoms with Crippen molar-refractivity contribution in [3.8, 4) is 5.75 Å². The Kier molecular flexibility index (Phi) is 5.55. The van der Waals surface area contributed by atoms with Crippen LogP contribution in [0.1, 0.15) is 11.1 Å². The highest BCUT2D eigenvalue weighted by Crippen LogP contribution is 2.32. The summed E-state index contributed by atoms with van der Waals surface area (Å²) < 4.78 is 11.3. The summed E-state index contributed by atoms with van der Waals surface area (Å²) in [4.78, 5) is 4.65. The first-order chi connectivity index (χ1) is 14.9. The molecule has 1 N–H and O–H groups in total. The second kappa shape index (κ2) is 8.78. The molecule has 5 rings (SSSR count). The van der Waals surface area contributed by atoms with Crippen LogP contribution in [0.5, 0.6) is 5.75 Å². The molecule has 3 aliphatic heterocycles. The van der Waals surface area contributed by atoms with Crippen molar-refractivity contribution < 1.29 is 9.47 Å². The summed E-state index contributed by atoms with van der Waals surface area (Å²) in [6.07, 6.45) is 8.83. The number of nitrogens with one attached hydrogen (secondary N) is 1. The van der Waals surface area contributed by atoms with E-state index in [0.717, 1.165) is 38.6 Å². The lowest BCUT2D eigenvalue weighted by Crippen LogP contribution is -2.38. The summed E-state index contributed by atoms with van der Waals surface area (Å²) in [7, 11) is 0. The lowest BCUT2D eigenvalue weighted by Gasteiger charge is -2.27. The first-order valence-corrected chi connectivity index (χ1v) is 10.6. The summed E-state index contributed by atoms with van der Waals surface area (Å²) in [6.45, 7) is 5.29. The van der Waals surface area contributed by atoms with Gasteiger partial charge in [-0.3, -0.25) is 4.90 Å². The molecule has 2 aromatic carbocycles. The molecule has 3 aliphatic rings. The van der Waals surface area contributed by atoms with E-state index in [1.165, 1.54) is 22.4 Å². The van der Waals surface area contributed by atoms with Crippen LogP contribution >= 0.6 is 0 Å². The fourth-order valence-corrected chi connectivity index (χ4v) is 4.05. The van der Waals surface area contributed by atoms with Gasteiger partial charge in [0.25, 0.3) is 0 Å². The third-order valence-electron chi connectivity index (χ3n) is 5.76. The van der Waals surface area contributed by atoms with Crippen LogP contribution < -0.4 is 10.1 Å². The number of allylic oxidation sites excluding steroid dienone is 2. The first-order valence-electron chi connectivity index (χ1n) is 10.6. The molecule has 5 nitrogen and oxygen atoms in total. The molecule has 1 atom stereocenters. The van der Waals surface area contributed by atoms with Gasteiger partial charge in [-0.1, -0.05) is 42.5 Å². The summed E-state index contributed by atoms with van der Waals surface area (Å²) >= 11 is 0. The van der Waals surface area contributed by atoms with Gasteiger partial charge in [-0.2, -0.15) is 0 Å². The van der Waals surface area contributed by atoms with E-state index in [1.54, 1.807) is 0 Å². The topological polar surface area (TPSA) is 37.0 Å². The third kappa shape index (κ3) is 4.13. The Balaban J connectivity index is 1.18. The average molecular weight is 402 g/mol. The molecule has 1 fully saturated rings. The van der Waals surface area contributed by atoms with E-state index in [0.29, 0.717) is 6.61 Å². The molecule has 2 aromatic rings. The molecule has 0 amide bonds. The standard InChI is InChI=1S/C25H27N3O2/c1-2-4-21(5-3-1)24-19-26-25-18-22(10-11-28(24)25)20-6-8-23(9-7-20)30-17-14-27-12-15-29-16-13-27/h1-11,18-19,25-26H,12-17H2. The number of benzene rings is 2. The Bertz CT molecular complexity index is 944. The minimum absolute atomic E-state index is 0.143. The second-order valence-electron chi connectivity index (χ2n) is 7.68. The quantitative estimate of drug-likeness (QED) is 0.801. The number of morpholine rings is 1. The smallest absolute Gasteiger partial charge is 0.123 e. The van der Waals surface area contributed by atoms with Crippen molar-refractivity contribution >= 4 is 11.3 Å². The predicted octanol–water partition coefficient (Wildman–Crippen LogP) is 3.54. The molecule has 1 unspecified atom stereocenters. The highest BCUT2D eigenvalue weighted by molar-refractivity contribution is 5.78. The number of rotatable bonds is 6. The number of hydrogen-bond donors (Lipinski definition) is 1. The van der Waals surface area contributed by atoms with Gasteiger partial charge in [0.15, 0.2) is 0 Å². The van der Waals surface area contributed by atoms with Crippen LogP contribution in [0.2, 0.25) is 0 Å². The molecule has 30 heavy (non-hydrogen) atoms. The maximum Gasteiger partial charge on any atom is 0.123 e. The molecule has 5 heteroatoms. The number of nitrogens with zero attached hydrogens (tertiary/aromatic N) is 2. The summed E-state index contributed by atoms with van der Waals surface area (Å²) in [5, 5.41) is 3.48. The number of hydrogen-bond acceptors (Lipinski definition) is 5. The van der Waals surface area contributed by atoms with Crippen molar-refractivity contribution in [3.05, 3.63) is 90.3 Å². The Morgan fingerprint density at radius 2 is 1.77 bits per heavy atom. The minimum atomic E-state index is 0.143. The molecule has 0 radical (unpaired) electrons. The fourth-order valence-electron chi connectivity index (χ4n) is 4.05. The number of fused-ring (bicyclic) bond motifs is 1. The van der Waals surface area contributed by atoms with E-state index in [1.807, 2.05) is 6.07 Å². The third-order valence-corrected chi connectivity index (χ3v) is 5.76. The van der Waals surface area contributed by atoms with Crippen molar-refractivity contribution in [2.45, 2.75) is 6.17 Å². The van der Waals surface area contributed by atoms with E-state index in [-0.39, 0.29) is 6.17 Å². The lowest BCUT2D eigenvalue weighted by atomic mass is 10.0. The normalized spacial score (nSPS) is 20.9. The van der Waals surface area contributed by atoms with Gasteiger partial charge in [0.1, 0.15) is 18.5 Å². The molecular formula is C25H27N3O2. The molecule has 1 saturated heterocycles. The summed E-state index contributed by atoms with van der Waals surface area (Å²) in [6, 6.07) is 18.9. The maximum absolute atomic E-state index is 5.93. The van der Waals surface area contributed by atoms with Crippen molar-refractivity contribution in [1.82, 2.24) is 15.1 Å². The fraction of sp³-hybridized carbons (Fsp3) is 0.280. The second-order valence-corrected chi connectivity index (χ2v) is 7.68. The van der Waals surface area contributed by atoms with Crippen LogP contribution in [0.4, 0.5) is 0 Å². The largest absolute Gasteiger partial charge is 0.492 e. The van der Waals surface area contributed by atoms with E-state index < -0.39 is 0 Å². The van der Waals surface area contributed by atoms with Crippen LogP contribution in [0.3, 0.4) is 0 Å². The minimum Gasteiger partial charge on any atom is -0.492 e. The van der Waals surface area contributed by atoms with Gasteiger partial charge in [0.2, 0.25) is 0 Å². The highest BCUT2D eigenvalue weighted by Gasteiger charge is 2.26. The summed E-state index contributed by atoms with van der Waals surface area (Å²) in [5.74, 6) is 0.918. The molecule has 3 heterocycles. The van der Waals surface area contributed by atoms with E-state index in [2.05, 4.69) is 88.2 Å².